The van der Waals surface area contributed by atoms with Crippen molar-refractivity contribution in [2.75, 3.05) is 13.1 Å². The number of unbranched alkanes of at least 4 members (excludes halogenated alkanes) is 2. The third-order valence-electron chi connectivity index (χ3n) is 5.95. The molecule has 0 rings (SSSR count). The zero-order valence-electron chi connectivity index (χ0n) is 23.4. The van der Waals surface area contributed by atoms with E-state index >= 15 is 0 Å². The molecule has 0 bridgehead atoms. The SMILES string of the molecule is CCCC/C(=C/C(=O)C(F)(F)C(F)(F)C(F)(F)C(F)(F)F)NCCN/C(=C\C(=O)C(F)(F)C(F)(F)C(F)(F)C(F)(F)F)CCCC. The molecule has 0 aromatic carbocycles. The van der Waals surface area contributed by atoms with E-state index in [4.69, 9.17) is 0 Å². The summed E-state index contributed by atoms with van der Waals surface area (Å²) in [6, 6.07) is 0. The van der Waals surface area contributed by atoms with Crippen LogP contribution in [-0.2, 0) is 9.59 Å². The molecule has 0 atom stereocenters. The second kappa shape index (κ2) is 14.9. The third kappa shape index (κ3) is 8.94. The fourth-order valence-electron chi connectivity index (χ4n) is 3.16. The molecular weight excluding hydrogens is 690 g/mol. The van der Waals surface area contributed by atoms with Crippen molar-refractivity contribution in [3.05, 3.63) is 23.5 Å². The van der Waals surface area contributed by atoms with Crippen LogP contribution < -0.4 is 10.6 Å². The molecule has 0 unspecified atom stereocenters. The van der Waals surface area contributed by atoms with Gasteiger partial charge < -0.3 is 10.6 Å². The Morgan fingerprint density at radius 2 is 0.739 bits per heavy atom. The van der Waals surface area contributed by atoms with Gasteiger partial charge in [0.15, 0.2) is 0 Å². The Balaban J connectivity index is 6.06. The number of hydrogen-bond donors (Lipinski definition) is 2. The van der Waals surface area contributed by atoms with Gasteiger partial charge in [0.25, 0.3) is 0 Å². The molecule has 0 spiro atoms. The van der Waals surface area contributed by atoms with Crippen molar-refractivity contribution in [3.63, 3.8) is 0 Å². The highest BCUT2D eigenvalue weighted by atomic mass is 19.4. The van der Waals surface area contributed by atoms with Gasteiger partial charge in [-0.25, -0.2) is 0 Å². The van der Waals surface area contributed by atoms with Crippen LogP contribution in [0.1, 0.15) is 52.4 Å². The van der Waals surface area contributed by atoms with Crippen molar-refractivity contribution in [3.8, 4) is 0 Å². The van der Waals surface area contributed by atoms with Gasteiger partial charge in [-0.05, 0) is 25.7 Å². The highest BCUT2D eigenvalue weighted by molar-refractivity contribution is 5.97. The largest absolute Gasteiger partial charge is 0.460 e. The second-order valence-electron chi connectivity index (χ2n) is 9.57. The first-order chi connectivity index (χ1) is 20.4. The Morgan fingerprint density at radius 1 is 0.478 bits per heavy atom. The van der Waals surface area contributed by atoms with Gasteiger partial charge in [0.2, 0.25) is 11.6 Å². The van der Waals surface area contributed by atoms with E-state index in [1.54, 1.807) is 0 Å². The third-order valence-corrected chi connectivity index (χ3v) is 5.95. The zero-order valence-corrected chi connectivity index (χ0v) is 23.4. The summed E-state index contributed by atoms with van der Waals surface area (Å²) in [7, 11) is 0. The molecule has 0 saturated heterocycles. The first kappa shape index (κ1) is 43.2. The summed E-state index contributed by atoms with van der Waals surface area (Å²) < 4.78 is 236. The maximum Gasteiger partial charge on any atom is 0.460 e. The number of allylic oxidation sites excluding steroid dienone is 4. The van der Waals surface area contributed by atoms with Crippen molar-refractivity contribution < 1.29 is 88.6 Å². The number of carbonyl (C=O) groups excluding carboxylic acids is 2. The average molecular weight is 716 g/mol. The number of nitrogens with one attached hydrogen (secondary N) is 2. The lowest BCUT2D eigenvalue weighted by molar-refractivity contribution is -0.388. The molecule has 0 aliphatic heterocycles. The number of carbonyl (C=O) groups is 2. The molecule has 0 fully saturated rings. The summed E-state index contributed by atoms with van der Waals surface area (Å²) in [6.45, 7) is 1.58. The molecule has 0 aromatic heterocycles. The van der Waals surface area contributed by atoms with Crippen molar-refractivity contribution >= 4 is 11.6 Å². The minimum absolute atomic E-state index is 0.0256. The average Bonchev–Trinajstić information content (AvgIpc) is 2.90. The van der Waals surface area contributed by atoms with E-state index in [1.165, 1.54) is 13.8 Å². The Labute approximate surface area is 248 Å². The lowest BCUT2D eigenvalue weighted by Crippen LogP contribution is -2.63. The normalized spacial score (nSPS) is 15.2. The van der Waals surface area contributed by atoms with Crippen LogP contribution in [0.3, 0.4) is 0 Å². The van der Waals surface area contributed by atoms with Crippen molar-refractivity contribution in [1.29, 1.82) is 0 Å². The van der Waals surface area contributed by atoms with E-state index in [2.05, 4.69) is 10.6 Å². The standard InChI is InChI=1S/C24H26F18N2O2/c1-3-5-7-13(11-15(45)17(25,26)19(29,30)21(33,34)23(37,38)39)43-9-10-44-14(8-6-4-2)12-16(46)18(27,28)20(31,32)22(35,36)24(40,41)42/h11-12,43-44H,3-10H2,1-2H3/b13-11-,14-12-. The van der Waals surface area contributed by atoms with Gasteiger partial charge in [0.1, 0.15) is 0 Å². The number of alkyl halides is 18. The topological polar surface area (TPSA) is 58.2 Å². The number of ketones is 2. The summed E-state index contributed by atoms with van der Waals surface area (Å²) in [5.41, 5.74) is -1.48. The Hall–Kier alpha value is -2.84. The second-order valence-corrected chi connectivity index (χ2v) is 9.57. The van der Waals surface area contributed by atoms with Crippen molar-refractivity contribution in [2.24, 2.45) is 0 Å². The maximum absolute atomic E-state index is 13.9. The minimum atomic E-state index is -7.35. The van der Waals surface area contributed by atoms with Crippen LogP contribution in [0.5, 0.6) is 0 Å². The van der Waals surface area contributed by atoms with E-state index in [9.17, 15) is 88.6 Å². The molecular formula is C24H26F18N2O2. The molecule has 22 heteroatoms. The van der Waals surface area contributed by atoms with E-state index in [-0.39, 0.29) is 25.7 Å². The van der Waals surface area contributed by atoms with Gasteiger partial charge in [-0.2, -0.15) is 79.0 Å². The lowest BCUT2D eigenvalue weighted by Gasteiger charge is -2.32. The van der Waals surface area contributed by atoms with Gasteiger partial charge in [0.05, 0.1) is 0 Å². The first-order valence-electron chi connectivity index (χ1n) is 12.8. The summed E-state index contributed by atoms with van der Waals surface area (Å²) in [5.74, 6) is -48.8. The highest BCUT2D eigenvalue weighted by Crippen LogP contribution is 2.54. The van der Waals surface area contributed by atoms with Crippen LogP contribution in [0.2, 0.25) is 0 Å². The summed E-state index contributed by atoms with van der Waals surface area (Å²) >= 11 is 0. The fourth-order valence-corrected chi connectivity index (χ4v) is 3.16. The van der Waals surface area contributed by atoms with Crippen LogP contribution in [0.15, 0.2) is 23.5 Å². The van der Waals surface area contributed by atoms with Crippen molar-refractivity contribution in [1.82, 2.24) is 10.6 Å². The van der Waals surface area contributed by atoms with Gasteiger partial charge in [-0.3, -0.25) is 9.59 Å². The monoisotopic (exact) mass is 716 g/mol. The maximum atomic E-state index is 13.9. The summed E-state index contributed by atoms with van der Waals surface area (Å²) in [6.07, 6.45) is -15.8. The molecule has 2 N–H and O–H groups in total. The van der Waals surface area contributed by atoms with Gasteiger partial charge >= 0.3 is 47.9 Å². The Morgan fingerprint density at radius 3 is 0.957 bits per heavy atom. The number of halogens is 18. The minimum Gasteiger partial charge on any atom is -0.386 e. The van der Waals surface area contributed by atoms with Gasteiger partial charge in [-0.15, -0.1) is 0 Å². The molecule has 0 aromatic rings. The molecule has 0 saturated carbocycles. The molecule has 0 heterocycles. The fraction of sp³-hybridized carbons (Fsp3) is 0.750. The molecule has 4 nitrogen and oxygen atoms in total. The van der Waals surface area contributed by atoms with Crippen LogP contribution in [0.4, 0.5) is 79.0 Å². The zero-order chi connectivity index (χ0) is 36.8. The predicted octanol–water partition coefficient (Wildman–Crippen LogP) is 8.39. The molecule has 0 amide bonds. The number of hydrogen-bond acceptors (Lipinski definition) is 4. The predicted molar refractivity (Wildman–Crippen MR) is 123 cm³/mol. The van der Waals surface area contributed by atoms with E-state index in [0.717, 1.165) is 0 Å². The molecule has 0 radical (unpaired) electrons. The summed E-state index contributed by atoms with van der Waals surface area (Å²) in [4.78, 5) is 23.6. The van der Waals surface area contributed by atoms with Crippen LogP contribution in [-0.4, -0.2) is 72.5 Å². The molecule has 46 heavy (non-hydrogen) atoms. The van der Waals surface area contributed by atoms with E-state index in [0.29, 0.717) is 0 Å². The molecule has 270 valence electrons. The lowest BCUT2D eigenvalue weighted by atomic mass is 9.99. The quantitative estimate of drug-likeness (QED) is 0.0802. The van der Waals surface area contributed by atoms with E-state index < -0.39 is 109 Å². The van der Waals surface area contributed by atoms with Crippen LogP contribution >= 0.6 is 0 Å². The first-order valence-corrected chi connectivity index (χ1v) is 12.8. The molecule has 0 aliphatic carbocycles. The van der Waals surface area contributed by atoms with Gasteiger partial charge in [0, 0.05) is 36.6 Å². The van der Waals surface area contributed by atoms with Crippen molar-refractivity contribution in [2.45, 2.75) is 100 Å². The Kier molecular flexibility index (Phi) is 14.0. The van der Waals surface area contributed by atoms with E-state index in [1.807, 2.05) is 0 Å². The smallest absolute Gasteiger partial charge is 0.386 e. The summed E-state index contributed by atoms with van der Waals surface area (Å²) in [5, 5.41) is 4.24. The highest BCUT2D eigenvalue weighted by Gasteiger charge is 2.84. The Bertz CT molecular complexity index is 1020. The van der Waals surface area contributed by atoms with Crippen LogP contribution in [0.25, 0.3) is 0 Å². The van der Waals surface area contributed by atoms with Gasteiger partial charge in [-0.1, -0.05) is 26.7 Å². The number of rotatable bonds is 19. The molecule has 0 aliphatic rings. The van der Waals surface area contributed by atoms with Crippen LogP contribution in [0, 0.1) is 0 Å².